The second kappa shape index (κ2) is 39.0. The quantitative estimate of drug-likeness (QED) is 0.0225. The van der Waals surface area contributed by atoms with E-state index < -0.39 is 70.9 Å². The van der Waals surface area contributed by atoms with Crippen molar-refractivity contribution in [2.75, 3.05) is 20.3 Å². The Morgan fingerprint density at radius 1 is 0.411 bits per heavy atom. The van der Waals surface area contributed by atoms with Crippen LogP contribution in [0, 0.1) is 29.2 Å². The van der Waals surface area contributed by atoms with Crippen molar-refractivity contribution in [3.63, 3.8) is 0 Å². The summed E-state index contributed by atoms with van der Waals surface area (Å²) in [6.45, 7) is 4.60. The number of rotatable bonds is 23. The third kappa shape index (κ3) is 21.3. The molecule has 0 bridgehead atoms. The molecule has 1 aliphatic carbocycles. The van der Waals surface area contributed by atoms with Gasteiger partial charge < -0.3 is 42.3 Å². The van der Waals surface area contributed by atoms with Gasteiger partial charge in [0.25, 0.3) is 23.6 Å². The second-order valence-electron chi connectivity index (χ2n) is 29.9. The van der Waals surface area contributed by atoms with Crippen LogP contribution in [0.4, 0.5) is 30.7 Å². The lowest BCUT2D eigenvalue weighted by molar-refractivity contribution is -0.142. The van der Waals surface area contributed by atoms with Crippen molar-refractivity contribution >= 4 is 85.1 Å². The number of aromatic nitrogens is 12. The first kappa shape index (κ1) is 89.3. The zero-order valence-electron chi connectivity index (χ0n) is 69.1. The Labute approximate surface area is 729 Å². The maximum Gasteiger partial charge on any atom is 0.436 e. The standard InChI is InChI=1S/C26H25FN4O2.C24H18F4N4O3.C23H19FN4O3.C22H17FN4O3/c27-20-8-6-17(7-9-20)22-12-24(26(28)33)30-23-11-16(5-10-21(22)23)14-31-15-19(13-29-31)25(32)18-3-1-2-4-18;1-2-35-23(34)18-12-32(31-21(18)24(26,27)28)11-13-3-8-16-17(14-4-6-15(25)7-5-14)10-20(22(29)33)30-19(16)9-13;1-2-31-23(30)16-11-26-28(13-16)12-14-3-8-18-19(15-4-6-17(24)7-5-15)10-21(22(25)29)27-20(18)9-14;1-30-22(29)15-10-25-27(12-15)11-13-2-7-17-18(14-3-5-16(23)6-4-14)9-20(21(24)28)26-19(17)8-13/h5-13,15,18,25,32H,1-4,14H2,(H2,28,33);3-10,12H,2,11H2,1H3,(H2,29,33);3-11,13H,2,12H2,1H3,(H2,25,29);2-10,12H,11H2,1H3,(H2,24,28). The summed E-state index contributed by atoms with van der Waals surface area (Å²) in [7, 11) is 1.31. The van der Waals surface area contributed by atoms with E-state index in [4.69, 9.17) is 32.4 Å². The molecule has 17 rings (SSSR count). The first-order valence-electron chi connectivity index (χ1n) is 40.2. The van der Waals surface area contributed by atoms with Crippen molar-refractivity contribution in [1.82, 2.24) is 59.1 Å². The molecule has 4 amide bonds. The van der Waals surface area contributed by atoms with E-state index in [1.165, 1.54) is 93.9 Å². The summed E-state index contributed by atoms with van der Waals surface area (Å²) in [5.41, 5.74) is 32.8. The van der Waals surface area contributed by atoms with Gasteiger partial charge in [0.1, 0.15) is 51.6 Å². The molecule has 0 spiro atoms. The molecule has 8 aromatic carbocycles. The molecule has 1 aliphatic rings. The number of fused-ring (bicyclic) bond motifs is 4. The molecule has 16 aromatic rings. The highest BCUT2D eigenvalue weighted by atomic mass is 19.4. The maximum absolute atomic E-state index is 13.4. The van der Waals surface area contributed by atoms with Crippen molar-refractivity contribution < 1.29 is 83.6 Å². The van der Waals surface area contributed by atoms with Crippen LogP contribution in [0.3, 0.4) is 0 Å². The average molecular weight is 1750 g/mol. The topological polar surface area (TPSA) is 394 Å². The van der Waals surface area contributed by atoms with Gasteiger partial charge >= 0.3 is 24.1 Å². The second-order valence-corrected chi connectivity index (χ2v) is 29.9. The van der Waals surface area contributed by atoms with E-state index in [0.29, 0.717) is 87.4 Å². The van der Waals surface area contributed by atoms with Crippen molar-refractivity contribution in [2.45, 2.75) is 78.0 Å². The van der Waals surface area contributed by atoms with Gasteiger partial charge in [0.2, 0.25) is 0 Å². The third-order valence-corrected chi connectivity index (χ3v) is 21.1. The number of esters is 3. The molecule has 9 N–H and O–H groups in total. The van der Waals surface area contributed by atoms with Gasteiger partial charge in [0, 0.05) is 51.9 Å². The number of alkyl halides is 3. The van der Waals surface area contributed by atoms with Crippen LogP contribution in [0.15, 0.2) is 238 Å². The number of ether oxygens (including phenoxy) is 3. The van der Waals surface area contributed by atoms with Gasteiger partial charge in [-0.05, 0) is 196 Å². The van der Waals surface area contributed by atoms with Crippen LogP contribution >= 0.6 is 0 Å². The Balaban J connectivity index is 0.000000139. The molecule has 1 saturated carbocycles. The Hall–Kier alpha value is -16.0. The SMILES string of the molecule is CCOC(=O)c1cn(Cc2ccc3c(-c4ccc(F)cc4)cc(C(N)=O)nc3c2)nc1C(F)(F)F.CCOC(=O)c1cnn(Cc2ccc3c(-c4ccc(F)cc4)cc(C(N)=O)nc3c2)c1.COC(=O)c1cnn(Cc2ccc3c(-c4ccc(F)cc4)cc(C(N)=O)nc3c2)c1.NC(=O)c1cc(-c2ccc(F)cc2)c2ccc(Cn3cc(C(O)C4CCCC4)cn3)cc2n1. The predicted molar refractivity (Wildman–Crippen MR) is 463 cm³/mol. The van der Waals surface area contributed by atoms with Gasteiger partial charge in [-0.3, -0.25) is 37.9 Å². The number of halogens is 7. The molecule has 129 heavy (non-hydrogen) atoms. The molecular weight excluding hydrogens is 1670 g/mol. The summed E-state index contributed by atoms with van der Waals surface area (Å²) in [6.07, 6.45) is 9.83. The smallest absolute Gasteiger partial charge is 0.436 e. The minimum atomic E-state index is -4.85. The summed E-state index contributed by atoms with van der Waals surface area (Å²) in [5.74, 6) is -5.85. The van der Waals surface area contributed by atoms with E-state index in [1.807, 2.05) is 60.8 Å². The predicted octanol–water partition coefficient (Wildman–Crippen LogP) is 15.9. The maximum atomic E-state index is 13.4. The lowest BCUT2D eigenvalue weighted by Gasteiger charge is -2.15. The molecule has 1 fully saturated rings. The van der Waals surface area contributed by atoms with Gasteiger partial charge in [-0.15, -0.1) is 0 Å². The minimum Gasteiger partial charge on any atom is -0.465 e. The largest absolute Gasteiger partial charge is 0.465 e. The fourth-order valence-corrected chi connectivity index (χ4v) is 14.9. The molecule has 34 heteroatoms. The van der Waals surface area contributed by atoms with Gasteiger partial charge in [-0.25, -0.2) is 51.9 Å². The van der Waals surface area contributed by atoms with Crippen molar-refractivity contribution in [1.29, 1.82) is 0 Å². The molecule has 27 nitrogen and oxygen atoms in total. The van der Waals surface area contributed by atoms with Gasteiger partial charge in [-0.2, -0.15) is 33.6 Å². The molecule has 8 heterocycles. The summed E-state index contributed by atoms with van der Waals surface area (Å²) < 4.78 is 114. The fourth-order valence-electron chi connectivity index (χ4n) is 14.9. The lowest BCUT2D eigenvalue weighted by atomic mass is 9.97. The molecule has 0 radical (unpaired) electrons. The number of carbonyl (C=O) groups is 7. The number of aliphatic hydroxyl groups is 1. The molecule has 8 aromatic heterocycles. The first-order chi connectivity index (χ1) is 61.9. The molecular formula is C95H79F7N16O11. The average Bonchev–Trinajstić information content (AvgIpc) is 1.76. The van der Waals surface area contributed by atoms with Crippen molar-refractivity contribution in [3.05, 3.63) is 334 Å². The number of methoxy groups -OCH3 is 1. The molecule has 0 aliphatic heterocycles. The number of pyridine rings is 4. The molecule has 1 unspecified atom stereocenters. The summed E-state index contributed by atoms with van der Waals surface area (Å²) in [5, 5.41) is 30.0. The summed E-state index contributed by atoms with van der Waals surface area (Å²) >= 11 is 0. The van der Waals surface area contributed by atoms with Gasteiger partial charge in [-0.1, -0.05) is 110 Å². The first-order valence-corrected chi connectivity index (χ1v) is 40.2. The van der Waals surface area contributed by atoms with E-state index >= 15 is 0 Å². The van der Waals surface area contributed by atoms with Gasteiger partial charge in [0.15, 0.2) is 5.69 Å². The van der Waals surface area contributed by atoms with Crippen molar-refractivity contribution in [3.8, 4) is 44.5 Å². The van der Waals surface area contributed by atoms with E-state index in [9.17, 15) is 69.4 Å². The zero-order chi connectivity index (χ0) is 91.5. The number of primary amides is 4. The van der Waals surface area contributed by atoms with Gasteiger partial charge in [0.05, 0.1) is 104 Å². The monoisotopic (exact) mass is 1750 g/mol. The number of nitrogens with zero attached hydrogens (tertiary/aromatic N) is 12. The van der Waals surface area contributed by atoms with E-state index in [0.717, 1.165) is 95.5 Å². The molecule has 1 atom stereocenters. The van der Waals surface area contributed by atoms with Crippen molar-refractivity contribution in [2.24, 2.45) is 28.9 Å². The number of benzene rings is 8. The van der Waals surface area contributed by atoms with E-state index in [1.54, 1.807) is 124 Å². The van der Waals surface area contributed by atoms with Crippen LogP contribution in [-0.4, -0.2) is 126 Å². The Bertz CT molecular complexity index is 6940. The normalized spacial score (nSPS) is 12.2. The zero-order valence-corrected chi connectivity index (χ0v) is 69.1. The fraction of sp³-hybridized carbons (Fsp3) is 0.168. The Kier molecular flexibility index (Phi) is 27.0. The highest BCUT2D eigenvalue weighted by molar-refractivity contribution is 6.05. The Morgan fingerprint density at radius 2 is 0.721 bits per heavy atom. The molecule has 654 valence electrons. The Morgan fingerprint density at radius 3 is 1.04 bits per heavy atom. The van der Waals surface area contributed by atoms with E-state index in [2.05, 4.69) is 45.1 Å². The van der Waals surface area contributed by atoms with Crippen LogP contribution in [0.25, 0.3) is 88.1 Å². The minimum absolute atomic E-state index is 0.0305. The van der Waals surface area contributed by atoms with Crippen LogP contribution in [-0.2, 0) is 46.6 Å². The van der Waals surface area contributed by atoms with E-state index in [-0.39, 0.29) is 53.4 Å². The summed E-state index contributed by atoms with van der Waals surface area (Å²) in [4.78, 5) is 100. The highest BCUT2D eigenvalue weighted by Crippen LogP contribution is 2.39. The van der Waals surface area contributed by atoms with Crippen LogP contribution in [0.2, 0.25) is 0 Å². The lowest BCUT2D eigenvalue weighted by Crippen LogP contribution is -2.14. The number of aliphatic hydroxyl groups excluding tert-OH is 1. The third-order valence-electron chi connectivity index (χ3n) is 21.1. The highest BCUT2D eigenvalue weighted by Gasteiger charge is 2.40. The number of nitrogens with two attached hydrogens (primary N) is 4. The summed E-state index contributed by atoms with van der Waals surface area (Å²) in [6, 6.07) is 52.1. The number of hydrogen-bond acceptors (Lipinski definition) is 19. The van der Waals surface area contributed by atoms with Crippen LogP contribution < -0.4 is 22.9 Å². The number of amides is 4. The van der Waals surface area contributed by atoms with Crippen LogP contribution in [0.1, 0.15) is 152 Å². The van der Waals surface area contributed by atoms with Crippen LogP contribution in [0.5, 0.6) is 0 Å². The molecule has 0 saturated heterocycles. The number of hydrogen-bond donors (Lipinski definition) is 5. The number of carbonyl (C=O) groups excluding carboxylic acids is 7.